The standard InChI is InChI=1S/C9H14FN3O/c1-3-13-8(7(14-2)4-12-13)9(10)5-11-6-9/h4,11H,3,5-6H2,1-2H3. The first-order valence-electron chi connectivity index (χ1n) is 4.71. The highest BCUT2D eigenvalue weighted by Gasteiger charge is 2.44. The largest absolute Gasteiger partial charge is 0.493 e. The van der Waals surface area contributed by atoms with Gasteiger partial charge in [-0.3, -0.25) is 4.68 Å². The van der Waals surface area contributed by atoms with E-state index >= 15 is 0 Å². The summed E-state index contributed by atoms with van der Waals surface area (Å²) in [6.07, 6.45) is 1.57. The fourth-order valence-electron chi connectivity index (χ4n) is 1.72. The zero-order chi connectivity index (χ0) is 10.2. The Kier molecular flexibility index (Phi) is 2.19. The summed E-state index contributed by atoms with van der Waals surface area (Å²) in [4.78, 5) is 0. The van der Waals surface area contributed by atoms with E-state index in [1.165, 1.54) is 7.11 Å². The molecule has 1 fully saturated rings. The number of nitrogens with zero attached hydrogens (tertiary/aromatic N) is 2. The molecule has 5 heteroatoms. The summed E-state index contributed by atoms with van der Waals surface area (Å²) >= 11 is 0. The number of alkyl halides is 1. The number of hydrogen-bond acceptors (Lipinski definition) is 3. The van der Waals surface area contributed by atoms with E-state index < -0.39 is 5.67 Å². The second-order valence-corrected chi connectivity index (χ2v) is 3.45. The van der Waals surface area contributed by atoms with Gasteiger partial charge in [0.1, 0.15) is 5.69 Å². The zero-order valence-electron chi connectivity index (χ0n) is 8.38. The first-order valence-corrected chi connectivity index (χ1v) is 4.71. The van der Waals surface area contributed by atoms with Crippen LogP contribution in [0, 0.1) is 0 Å². The summed E-state index contributed by atoms with van der Waals surface area (Å²) in [6, 6.07) is 0. The second kappa shape index (κ2) is 3.24. The van der Waals surface area contributed by atoms with Crippen LogP contribution in [-0.2, 0) is 12.2 Å². The third-order valence-electron chi connectivity index (χ3n) is 2.56. The molecule has 14 heavy (non-hydrogen) atoms. The van der Waals surface area contributed by atoms with Gasteiger partial charge in [-0.1, -0.05) is 0 Å². The highest BCUT2D eigenvalue weighted by molar-refractivity contribution is 5.33. The van der Waals surface area contributed by atoms with Crippen LogP contribution < -0.4 is 10.1 Å². The van der Waals surface area contributed by atoms with E-state index in [0.717, 1.165) is 0 Å². The highest BCUT2D eigenvalue weighted by atomic mass is 19.1. The van der Waals surface area contributed by atoms with Crippen molar-refractivity contribution in [2.75, 3.05) is 20.2 Å². The van der Waals surface area contributed by atoms with Crippen molar-refractivity contribution in [3.05, 3.63) is 11.9 Å². The van der Waals surface area contributed by atoms with E-state index in [0.29, 0.717) is 31.1 Å². The van der Waals surface area contributed by atoms with Gasteiger partial charge in [0.05, 0.1) is 13.3 Å². The van der Waals surface area contributed by atoms with Crippen LogP contribution in [0.2, 0.25) is 0 Å². The molecule has 1 aromatic rings. The van der Waals surface area contributed by atoms with Gasteiger partial charge in [0.25, 0.3) is 0 Å². The number of halogens is 1. The molecule has 0 aromatic carbocycles. The van der Waals surface area contributed by atoms with Gasteiger partial charge in [-0.25, -0.2) is 4.39 Å². The quantitative estimate of drug-likeness (QED) is 0.778. The minimum atomic E-state index is -1.31. The van der Waals surface area contributed by atoms with Gasteiger partial charge < -0.3 is 10.1 Å². The van der Waals surface area contributed by atoms with Gasteiger partial charge in [0.15, 0.2) is 11.4 Å². The maximum atomic E-state index is 14.2. The SMILES string of the molecule is CCn1ncc(OC)c1C1(F)CNC1. The summed E-state index contributed by atoms with van der Waals surface area (Å²) in [6.45, 7) is 3.28. The third-order valence-corrected chi connectivity index (χ3v) is 2.56. The number of ether oxygens (including phenoxy) is 1. The molecule has 2 heterocycles. The van der Waals surface area contributed by atoms with Crippen molar-refractivity contribution in [2.45, 2.75) is 19.1 Å². The highest BCUT2D eigenvalue weighted by Crippen LogP contribution is 2.36. The Hall–Kier alpha value is -1.10. The Morgan fingerprint density at radius 1 is 1.71 bits per heavy atom. The molecule has 1 saturated heterocycles. The lowest BCUT2D eigenvalue weighted by Gasteiger charge is -2.35. The summed E-state index contributed by atoms with van der Waals surface area (Å²) in [5.74, 6) is 0.538. The van der Waals surface area contributed by atoms with Crippen molar-refractivity contribution < 1.29 is 9.13 Å². The summed E-state index contributed by atoms with van der Waals surface area (Å²) in [5, 5.41) is 7.00. The van der Waals surface area contributed by atoms with Crippen molar-refractivity contribution in [3.63, 3.8) is 0 Å². The van der Waals surface area contributed by atoms with E-state index in [-0.39, 0.29) is 0 Å². The Balaban J connectivity index is 2.42. The van der Waals surface area contributed by atoms with E-state index in [9.17, 15) is 4.39 Å². The number of methoxy groups -OCH3 is 1. The normalized spacial score (nSPS) is 19.1. The smallest absolute Gasteiger partial charge is 0.180 e. The van der Waals surface area contributed by atoms with E-state index in [4.69, 9.17) is 4.74 Å². The minimum absolute atomic E-state index is 0.342. The van der Waals surface area contributed by atoms with Gasteiger partial charge >= 0.3 is 0 Å². The molecule has 1 aliphatic rings. The third kappa shape index (κ3) is 1.19. The maximum absolute atomic E-state index is 14.2. The fraction of sp³-hybridized carbons (Fsp3) is 0.667. The Labute approximate surface area is 82.1 Å². The van der Waals surface area contributed by atoms with Crippen LogP contribution in [0.5, 0.6) is 5.75 Å². The molecule has 0 aliphatic carbocycles. The topological polar surface area (TPSA) is 39.1 Å². The molecular formula is C9H14FN3O. The molecule has 0 bridgehead atoms. The Morgan fingerprint density at radius 3 is 2.86 bits per heavy atom. The molecule has 0 spiro atoms. The summed E-state index contributed by atoms with van der Waals surface area (Å²) in [5.41, 5.74) is -0.751. The molecule has 0 unspecified atom stereocenters. The van der Waals surface area contributed by atoms with E-state index in [1.807, 2.05) is 6.92 Å². The van der Waals surface area contributed by atoms with Crippen LogP contribution in [0.1, 0.15) is 12.6 Å². The van der Waals surface area contributed by atoms with Crippen molar-refractivity contribution in [2.24, 2.45) is 0 Å². The van der Waals surface area contributed by atoms with E-state index in [1.54, 1.807) is 10.9 Å². The Morgan fingerprint density at radius 2 is 2.43 bits per heavy atom. The first kappa shape index (κ1) is 9.45. The van der Waals surface area contributed by atoms with Crippen molar-refractivity contribution >= 4 is 0 Å². The monoisotopic (exact) mass is 199 g/mol. The lowest BCUT2D eigenvalue weighted by Crippen LogP contribution is -2.54. The second-order valence-electron chi connectivity index (χ2n) is 3.45. The predicted octanol–water partition coefficient (Wildman–Crippen LogP) is 0.680. The van der Waals surface area contributed by atoms with Gasteiger partial charge in [-0.15, -0.1) is 0 Å². The number of rotatable bonds is 3. The van der Waals surface area contributed by atoms with Gasteiger partial charge in [0.2, 0.25) is 0 Å². The summed E-state index contributed by atoms with van der Waals surface area (Å²) in [7, 11) is 1.54. The number of aromatic nitrogens is 2. The number of aryl methyl sites for hydroxylation is 1. The van der Waals surface area contributed by atoms with Crippen LogP contribution in [0.4, 0.5) is 4.39 Å². The van der Waals surface area contributed by atoms with Crippen LogP contribution in [0.15, 0.2) is 6.20 Å². The first-order chi connectivity index (χ1) is 6.71. The average molecular weight is 199 g/mol. The van der Waals surface area contributed by atoms with Crippen LogP contribution in [0.25, 0.3) is 0 Å². The molecule has 0 amide bonds. The molecule has 0 saturated carbocycles. The maximum Gasteiger partial charge on any atom is 0.180 e. The van der Waals surface area contributed by atoms with Crippen molar-refractivity contribution in [1.29, 1.82) is 0 Å². The minimum Gasteiger partial charge on any atom is -0.493 e. The zero-order valence-corrected chi connectivity index (χ0v) is 8.38. The molecule has 4 nitrogen and oxygen atoms in total. The Bertz CT molecular complexity index is 311. The molecule has 1 N–H and O–H groups in total. The predicted molar refractivity (Wildman–Crippen MR) is 50.1 cm³/mol. The van der Waals surface area contributed by atoms with Crippen LogP contribution in [-0.4, -0.2) is 30.0 Å². The summed E-state index contributed by atoms with van der Waals surface area (Å²) < 4.78 is 20.9. The molecule has 78 valence electrons. The molecule has 0 atom stereocenters. The molecule has 1 aliphatic heterocycles. The van der Waals surface area contributed by atoms with Crippen LogP contribution in [0.3, 0.4) is 0 Å². The van der Waals surface area contributed by atoms with Crippen molar-refractivity contribution in [3.8, 4) is 5.75 Å². The van der Waals surface area contributed by atoms with Gasteiger partial charge in [-0.05, 0) is 6.92 Å². The van der Waals surface area contributed by atoms with Gasteiger partial charge in [0, 0.05) is 19.6 Å². The molecular weight excluding hydrogens is 185 g/mol. The number of hydrogen-bond donors (Lipinski definition) is 1. The van der Waals surface area contributed by atoms with Crippen molar-refractivity contribution in [1.82, 2.24) is 15.1 Å². The number of nitrogens with one attached hydrogen (secondary N) is 1. The molecule has 0 radical (unpaired) electrons. The average Bonchev–Trinajstić information content (AvgIpc) is 2.57. The molecule has 2 rings (SSSR count). The molecule has 1 aromatic heterocycles. The fourth-order valence-corrected chi connectivity index (χ4v) is 1.72. The lowest BCUT2D eigenvalue weighted by atomic mass is 9.94. The lowest BCUT2D eigenvalue weighted by molar-refractivity contribution is 0.0750. The van der Waals surface area contributed by atoms with Crippen LogP contribution >= 0.6 is 0 Å². The van der Waals surface area contributed by atoms with Gasteiger partial charge in [-0.2, -0.15) is 5.10 Å². The van der Waals surface area contributed by atoms with E-state index in [2.05, 4.69) is 10.4 Å².